The van der Waals surface area contributed by atoms with E-state index in [1.807, 2.05) is 4.90 Å². The van der Waals surface area contributed by atoms with Gasteiger partial charge < -0.3 is 9.32 Å². The van der Waals surface area contributed by atoms with Crippen LogP contribution in [0.4, 0.5) is 0 Å². The molecule has 1 amide bonds. The minimum Gasteiger partial charge on any atom is -0.425 e. The van der Waals surface area contributed by atoms with Crippen molar-refractivity contribution < 1.29 is 9.21 Å². The molecule has 0 spiro atoms. The number of carbonyl (C=O) groups excluding carboxylic acids is 1. The summed E-state index contributed by atoms with van der Waals surface area (Å²) in [7, 11) is 0. The summed E-state index contributed by atoms with van der Waals surface area (Å²) in [5, 5.41) is 8.20. The largest absolute Gasteiger partial charge is 0.425 e. The molecule has 1 saturated heterocycles. The Bertz CT molecular complexity index is 656. The van der Waals surface area contributed by atoms with Gasteiger partial charge in [0.2, 0.25) is 11.8 Å². The highest BCUT2D eigenvalue weighted by Crippen LogP contribution is 2.22. The number of amides is 1. The smallest absolute Gasteiger partial charge is 0.274 e. The van der Waals surface area contributed by atoms with E-state index >= 15 is 0 Å². The Balaban J connectivity index is 1.55. The normalized spacial score (nSPS) is 17.9. The lowest BCUT2D eigenvalue weighted by Gasteiger charge is -2.15. The molecule has 1 unspecified atom stereocenters. The van der Waals surface area contributed by atoms with Gasteiger partial charge in [-0.25, -0.2) is 4.98 Å². The number of hydrogen-bond acceptors (Lipinski definition) is 6. The van der Waals surface area contributed by atoms with Crippen molar-refractivity contribution in [3.05, 3.63) is 36.1 Å². The van der Waals surface area contributed by atoms with Crippen LogP contribution in [0.25, 0.3) is 0 Å². The summed E-state index contributed by atoms with van der Waals surface area (Å²) in [6, 6.07) is 0. The molecule has 23 heavy (non-hydrogen) atoms. The first-order valence-corrected chi connectivity index (χ1v) is 7.98. The summed E-state index contributed by atoms with van der Waals surface area (Å²) in [5.41, 5.74) is 0.394. The fraction of sp³-hybridized carbons (Fsp3) is 0.562. The number of nitrogens with zero attached hydrogens (tertiary/aromatic N) is 5. The Kier molecular flexibility index (Phi) is 4.64. The van der Waals surface area contributed by atoms with Crippen LogP contribution in [0.3, 0.4) is 0 Å². The predicted octanol–water partition coefficient (Wildman–Crippen LogP) is 1.76. The van der Waals surface area contributed by atoms with E-state index in [1.165, 1.54) is 12.4 Å². The minimum atomic E-state index is -0.0633. The molecule has 1 aliphatic heterocycles. The van der Waals surface area contributed by atoms with Crippen molar-refractivity contribution in [3.8, 4) is 0 Å². The minimum absolute atomic E-state index is 0.0633. The quantitative estimate of drug-likeness (QED) is 0.836. The van der Waals surface area contributed by atoms with Crippen LogP contribution in [-0.4, -0.2) is 44.1 Å². The molecule has 7 heteroatoms. The fourth-order valence-electron chi connectivity index (χ4n) is 2.80. The molecule has 1 atom stereocenters. The second-order valence-electron chi connectivity index (χ2n) is 6.39. The third kappa shape index (κ3) is 3.91. The van der Waals surface area contributed by atoms with Gasteiger partial charge in [-0.2, -0.15) is 0 Å². The van der Waals surface area contributed by atoms with Gasteiger partial charge in [-0.1, -0.05) is 13.8 Å². The van der Waals surface area contributed by atoms with Crippen LogP contribution in [0, 0.1) is 11.8 Å². The molecule has 0 N–H and O–H groups in total. The van der Waals surface area contributed by atoms with Crippen molar-refractivity contribution in [1.29, 1.82) is 0 Å². The van der Waals surface area contributed by atoms with Crippen LogP contribution in [0.5, 0.6) is 0 Å². The van der Waals surface area contributed by atoms with Gasteiger partial charge in [-0.3, -0.25) is 9.78 Å². The summed E-state index contributed by atoms with van der Waals surface area (Å²) in [6.45, 7) is 5.66. The highest BCUT2D eigenvalue weighted by molar-refractivity contribution is 5.92. The number of likely N-dealkylation sites (tertiary alicyclic amines) is 1. The Labute approximate surface area is 135 Å². The SMILES string of the molecule is CC(C)Cc1nnc(CC2CCN(C(=O)c3cnccn3)C2)o1. The summed E-state index contributed by atoms with van der Waals surface area (Å²) in [4.78, 5) is 22.2. The van der Waals surface area contributed by atoms with Crippen LogP contribution in [-0.2, 0) is 12.8 Å². The van der Waals surface area contributed by atoms with Crippen LogP contribution in [0.2, 0.25) is 0 Å². The monoisotopic (exact) mass is 315 g/mol. The molecule has 122 valence electrons. The van der Waals surface area contributed by atoms with E-state index < -0.39 is 0 Å². The molecule has 0 aliphatic carbocycles. The third-order valence-corrected chi connectivity index (χ3v) is 3.91. The van der Waals surface area contributed by atoms with Crippen molar-refractivity contribution in [3.63, 3.8) is 0 Å². The molecule has 7 nitrogen and oxygen atoms in total. The predicted molar refractivity (Wildman–Crippen MR) is 82.6 cm³/mol. The first-order chi connectivity index (χ1) is 11.1. The average Bonchev–Trinajstić information content (AvgIpc) is 3.17. The lowest BCUT2D eigenvalue weighted by molar-refractivity contribution is 0.0780. The standard InChI is InChI=1S/C16H21N5O2/c1-11(2)7-14-19-20-15(23-14)8-12-3-6-21(10-12)16(22)13-9-17-4-5-18-13/h4-5,9,11-12H,3,6-8,10H2,1-2H3. The molecular weight excluding hydrogens is 294 g/mol. The van der Waals surface area contributed by atoms with E-state index in [-0.39, 0.29) is 5.91 Å². The Morgan fingerprint density at radius 3 is 2.91 bits per heavy atom. The van der Waals surface area contributed by atoms with E-state index in [4.69, 9.17) is 4.42 Å². The fourth-order valence-corrected chi connectivity index (χ4v) is 2.80. The second kappa shape index (κ2) is 6.85. The van der Waals surface area contributed by atoms with Gasteiger partial charge in [0.1, 0.15) is 5.69 Å². The summed E-state index contributed by atoms with van der Waals surface area (Å²) in [6.07, 6.45) is 7.06. The Morgan fingerprint density at radius 2 is 2.17 bits per heavy atom. The van der Waals surface area contributed by atoms with E-state index in [1.54, 1.807) is 6.20 Å². The highest BCUT2D eigenvalue weighted by Gasteiger charge is 2.29. The maximum absolute atomic E-state index is 12.3. The molecular formula is C16H21N5O2. The lowest BCUT2D eigenvalue weighted by atomic mass is 10.1. The Morgan fingerprint density at radius 1 is 1.35 bits per heavy atom. The van der Waals surface area contributed by atoms with Gasteiger partial charge >= 0.3 is 0 Å². The molecule has 0 aromatic carbocycles. The van der Waals surface area contributed by atoms with Crippen molar-refractivity contribution in [1.82, 2.24) is 25.1 Å². The molecule has 0 saturated carbocycles. The Hall–Kier alpha value is -2.31. The van der Waals surface area contributed by atoms with Crippen LogP contribution in [0.15, 0.2) is 23.0 Å². The molecule has 3 heterocycles. The average molecular weight is 315 g/mol. The van der Waals surface area contributed by atoms with E-state index in [0.717, 1.165) is 25.8 Å². The van der Waals surface area contributed by atoms with Crippen LogP contribution < -0.4 is 0 Å². The number of aromatic nitrogens is 4. The van der Waals surface area contributed by atoms with Crippen molar-refractivity contribution in [2.75, 3.05) is 13.1 Å². The first kappa shape index (κ1) is 15.6. The lowest BCUT2D eigenvalue weighted by Crippen LogP contribution is -2.29. The van der Waals surface area contributed by atoms with Crippen molar-refractivity contribution in [2.45, 2.75) is 33.1 Å². The van der Waals surface area contributed by atoms with E-state index in [0.29, 0.717) is 35.9 Å². The maximum Gasteiger partial charge on any atom is 0.274 e. The number of hydrogen-bond donors (Lipinski definition) is 0. The topological polar surface area (TPSA) is 85.0 Å². The summed E-state index contributed by atoms with van der Waals surface area (Å²) >= 11 is 0. The molecule has 2 aromatic heterocycles. The van der Waals surface area contributed by atoms with Crippen LogP contribution >= 0.6 is 0 Å². The third-order valence-electron chi connectivity index (χ3n) is 3.91. The number of rotatable bonds is 5. The zero-order valence-electron chi connectivity index (χ0n) is 13.5. The first-order valence-electron chi connectivity index (χ1n) is 7.98. The van der Waals surface area contributed by atoms with E-state index in [2.05, 4.69) is 34.0 Å². The second-order valence-corrected chi connectivity index (χ2v) is 6.39. The molecule has 3 rings (SSSR count). The molecule has 0 radical (unpaired) electrons. The van der Waals surface area contributed by atoms with Gasteiger partial charge in [0.15, 0.2) is 0 Å². The molecule has 0 bridgehead atoms. The van der Waals surface area contributed by atoms with Crippen molar-refractivity contribution >= 4 is 5.91 Å². The van der Waals surface area contributed by atoms with Gasteiger partial charge in [-0.05, 0) is 18.3 Å². The molecule has 2 aromatic rings. The highest BCUT2D eigenvalue weighted by atomic mass is 16.4. The van der Waals surface area contributed by atoms with Crippen molar-refractivity contribution in [2.24, 2.45) is 11.8 Å². The van der Waals surface area contributed by atoms with Gasteiger partial charge in [-0.15, -0.1) is 10.2 Å². The van der Waals surface area contributed by atoms with E-state index in [9.17, 15) is 4.79 Å². The summed E-state index contributed by atoms with van der Waals surface area (Å²) < 4.78 is 5.69. The maximum atomic E-state index is 12.3. The molecule has 1 aliphatic rings. The van der Waals surface area contributed by atoms with Gasteiger partial charge in [0.25, 0.3) is 5.91 Å². The zero-order chi connectivity index (χ0) is 16.2. The zero-order valence-corrected chi connectivity index (χ0v) is 13.5. The summed E-state index contributed by atoms with van der Waals surface area (Å²) in [5.74, 6) is 2.14. The molecule has 1 fully saturated rings. The van der Waals surface area contributed by atoms with Gasteiger partial charge in [0, 0.05) is 38.3 Å². The van der Waals surface area contributed by atoms with Crippen LogP contribution in [0.1, 0.15) is 42.5 Å². The van der Waals surface area contributed by atoms with Gasteiger partial charge in [0.05, 0.1) is 6.20 Å². The number of carbonyl (C=O) groups is 1.